The van der Waals surface area contributed by atoms with Crippen molar-refractivity contribution in [2.45, 2.75) is 12.3 Å². The van der Waals surface area contributed by atoms with Gasteiger partial charge in [-0.15, -0.1) is 0 Å². The molecule has 3 aromatic rings. The predicted molar refractivity (Wildman–Crippen MR) is 86.4 cm³/mol. The number of hydrogen-bond donors (Lipinski definition) is 2. The molecule has 0 spiro atoms. The average molecular weight is 326 g/mol. The fraction of sp³-hybridized carbons (Fsp3) is 0.118. The van der Waals surface area contributed by atoms with E-state index in [1.165, 1.54) is 12.1 Å². The molecule has 1 aliphatic heterocycles. The van der Waals surface area contributed by atoms with Gasteiger partial charge >= 0.3 is 0 Å². The first-order chi connectivity index (χ1) is 11.5. The number of alkyl halides is 2. The van der Waals surface area contributed by atoms with Crippen LogP contribution in [0.15, 0.2) is 48.7 Å². The fourth-order valence-corrected chi connectivity index (χ4v) is 2.69. The topological polar surface area (TPSA) is 66.9 Å². The van der Waals surface area contributed by atoms with Crippen LogP contribution >= 0.6 is 0 Å². The normalized spacial score (nSPS) is 15.7. The number of hydrogen-bond acceptors (Lipinski definition) is 4. The van der Waals surface area contributed by atoms with E-state index in [1.54, 1.807) is 12.3 Å². The van der Waals surface area contributed by atoms with Gasteiger partial charge in [0.05, 0.1) is 29.3 Å². The third kappa shape index (κ3) is 2.54. The van der Waals surface area contributed by atoms with Gasteiger partial charge in [0.25, 0.3) is 5.92 Å². The first-order valence-electron chi connectivity index (χ1n) is 7.32. The number of benzene rings is 2. The Labute approximate surface area is 135 Å². The zero-order valence-electron chi connectivity index (χ0n) is 12.4. The molecule has 1 amide bonds. The second-order valence-electron chi connectivity index (χ2n) is 5.56. The molecule has 0 unspecified atom stereocenters. The summed E-state index contributed by atoms with van der Waals surface area (Å²) < 4.78 is 28.1. The van der Waals surface area contributed by atoms with Crippen LogP contribution in [0.5, 0.6) is 0 Å². The summed E-state index contributed by atoms with van der Waals surface area (Å²) in [7, 11) is 0. The molecule has 0 fully saturated rings. The Morgan fingerprint density at radius 1 is 1.12 bits per heavy atom. The average Bonchev–Trinajstić information content (AvgIpc) is 2.55. The number of rotatable bonds is 2. The van der Waals surface area contributed by atoms with E-state index in [1.807, 2.05) is 24.3 Å². The van der Waals surface area contributed by atoms with Crippen LogP contribution in [-0.2, 0) is 10.7 Å². The van der Waals surface area contributed by atoms with Crippen molar-refractivity contribution in [1.82, 2.24) is 9.97 Å². The number of anilines is 3. The SMILES string of the molecule is O=C1CC(F)(F)c2cc(Nc3cnc4ccccc4n3)ccc2N1. The molecule has 2 aromatic carbocycles. The molecule has 2 N–H and O–H groups in total. The summed E-state index contributed by atoms with van der Waals surface area (Å²) in [5.74, 6) is -3.42. The molecule has 0 aliphatic carbocycles. The number of carbonyl (C=O) groups is 1. The Balaban J connectivity index is 1.68. The maximum atomic E-state index is 14.1. The lowest BCUT2D eigenvalue weighted by molar-refractivity contribution is -0.125. The summed E-state index contributed by atoms with van der Waals surface area (Å²) in [6, 6.07) is 11.8. The third-order valence-electron chi connectivity index (χ3n) is 3.79. The Bertz CT molecular complexity index is 958. The Morgan fingerprint density at radius 2 is 1.92 bits per heavy atom. The second kappa shape index (κ2) is 5.23. The van der Waals surface area contributed by atoms with Crippen molar-refractivity contribution in [2.75, 3.05) is 10.6 Å². The molecular weight excluding hydrogens is 314 g/mol. The van der Waals surface area contributed by atoms with E-state index in [4.69, 9.17) is 0 Å². The van der Waals surface area contributed by atoms with Crippen molar-refractivity contribution in [3.63, 3.8) is 0 Å². The van der Waals surface area contributed by atoms with Crippen LogP contribution in [0.3, 0.4) is 0 Å². The molecule has 24 heavy (non-hydrogen) atoms. The lowest BCUT2D eigenvalue weighted by atomic mass is 9.98. The molecule has 2 heterocycles. The van der Waals surface area contributed by atoms with Crippen molar-refractivity contribution in [3.8, 4) is 0 Å². The van der Waals surface area contributed by atoms with Gasteiger partial charge in [0.15, 0.2) is 0 Å². The van der Waals surface area contributed by atoms with Gasteiger partial charge < -0.3 is 10.6 Å². The van der Waals surface area contributed by atoms with Crippen LogP contribution in [0.2, 0.25) is 0 Å². The van der Waals surface area contributed by atoms with Crippen LogP contribution in [0.1, 0.15) is 12.0 Å². The quantitative estimate of drug-likeness (QED) is 0.751. The summed E-state index contributed by atoms with van der Waals surface area (Å²) >= 11 is 0. The number of halogens is 2. The van der Waals surface area contributed by atoms with E-state index in [0.717, 1.165) is 5.52 Å². The summed E-state index contributed by atoms with van der Waals surface area (Å²) in [4.78, 5) is 20.0. The number of amides is 1. The minimum Gasteiger partial charge on any atom is -0.339 e. The number of para-hydroxylation sites is 2. The smallest absolute Gasteiger partial charge is 0.284 e. The molecule has 1 aromatic heterocycles. The highest BCUT2D eigenvalue weighted by Crippen LogP contribution is 2.41. The van der Waals surface area contributed by atoms with Gasteiger partial charge in [-0.2, -0.15) is 0 Å². The molecule has 7 heteroatoms. The number of nitrogens with one attached hydrogen (secondary N) is 2. The van der Waals surface area contributed by atoms with Crippen molar-refractivity contribution in [3.05, 3.63) is 54.2 Å². The van der Waals surface area contributed by atoms with Gasteiger partial charge in [0, 0.05) is 11.3 Å². The maximum absolute atomic E-state index is 14.1. The molecule has 1 aliphatic rings. The first-order valence-corrected chi connectivity index (χ1v) is 7.32. The summed E-state index contributed by atoms with van der Waals surface area (Å²) in [6.45, 7) is 0. The molecule has 0 bridgehead atoms. The summed E-state index contributed by atoms with van der Waals surface area (Å²) in [5.41, 5.74) is 1.84. The van der Waals surface area contributed by atoms with Crippen LogP contribution in [0.25, 0.3) is 11.0 Å². The molecule has 0 saturated carbocycles. The van der Waals surface area contributed by atoms with Gasteiger partial charge in [-0.3, -0.25) is 9.78 Å². The van der Waals surface area contributed by atoms with Crippen molar-refractivity contribution >= 4 is 34.1 Å². The zero-order chi connectivity index (χ0) is 16.7. The van der Waals surface area contributed by atoms with E-state index in [2.05, 4.69) is 20.6 Å². The van der Waals surface area contributed by atoms with Crippen LogP contribution in [0, 0.1) is 0 Å². The van der Waals surface area contributed by atoms with Crippen LogP contribution in [0.4, 0.5) is 26.0 Å². The number of carbonyl (C=O) groups excluding carboxylic acids is 1. The van der Waals surface area contributed by atoms with Crippen molar-refractivity contribution in [2.24, 2.45) is 0 Å². The predicted octanol–water partition coefficient (Wildman–Crippen LogP) is 3.81. The van der Waals surface area contributed by atoms with Gasteiger partial charge in [-0.1, -0.05) is 12.1 Å². The second-order valence-corrected chi connectivity index (χ2v) is 5.56. The van der Waals surface area contributed by atoms with E-state index < -0.39 is 18.3 Å². The molecule has 0 atom stereocenters. The van der Waals surface area contributed by atoms with Crippen molar-refractivity contribution < 1.29 is 13.6 Å². The fourth-order valence-electron chi connectivity index (χ4n) is 2.69. The first kappa shape index (κ1) is 14.5. The third-order valence-corrected chi connectivity index (χ3v) is 3.79. The molecule has 5 nitrogen and oxygen atoms in total. The van der Waals surface area contributed by atoms with Crippen LogP contribution < -0.4 is 10.6 Å². The Morgan fingerprint density at radius 3 is 2.75 bits per heavy atom. The summed E-state index contributed by atoms with van der Waals surface area (Å²) in [6.07, 6.45) is 0.695. The molecular formula is C17H12F2N4O. The largest absolute Gasteiger partial charge is 0.339 e. The number of fused-ring (bicyclic) bond motifs is 2. The minimum atomic E-state index is -3.19. The lowest BCUT2D eigenvalue weighted by Crippen LogP contribution is -2.30. The van der Waals surface area contributed by atoms with Gasteiger partial charge in [0.2, 0.25) is 5.91 Å². The molecule has 4 rings (SSSR count). The summed E-state index contributed by atoms with van der Waals surface area (Å²) in [5, 5.41) is 5.43. The zero-order valence-corrected chi connectivity index (χ0v) is 12.4. The van der Waals surface area contributed by atoms with Crippen molar-refractivity contribution in [1.29, 1.82) is 0 Å². The molecule has 0 radical (unpaired) electrons. The molecule has 120 valence electrons. The monoisotopic (exact) mass is 326 g/mol. The highest BCUT2D eigenvalue weighted by molar-refractivity contribution is 5.95. The molecule has 0 saturated heterocycles. The number of nitrogens with zero attached hydrogens (tertiary/aromatic N) is 2. The van der Waals surface area contributed by atoms with E-state index >= 15 is 0 Å². The van der Waals surface area contributed by atoms with Crippen LogP contribution in [-0.4, -0.2) is 15.9 Å². The highest BCUT2D eigenvalue weighted by Gasteiger charge is 2.40. The lowest BCUT2D eigenvalue weighted by Gasteiger charge is -2.25. The standard InChI is InChI=1S/C17H12F2N4O/c18-17(19)8-16(24)23-12-6-5-10(7-11(12)17)21-15-9-20-13-3-1-2-4-14(13)22-15/h1-7,9H,8H2,(H,21,22)(H,23,24). The number of aromatic nitrogens is 2. The Hall–Kier alpha value is -3.09. The highest BCUT2D eigenvalue weighted by atomic mass is 19.3. The maximum Gasteiger partial charge on any atom is 0.284 e. The Kier molecular flexibility index (Phi) is 3.16. The van der Waals surface area contributed by atoms with E-state index in [0.29, 0.717) is 17.0 Å². The van der Waals surface area contributed by atoms with E-state index in [9.17, 15) is 13.6 Å². The minimum absolute atomic E-state index is 0.131. The van der Waals surface area contributed by atoms with Gasteiger partial charge in [-0.25, -0.2) is 13.8 Å². The van der Waals surface area contributed by atoms with Gasteiger partial charge in [0.1, 0.15) is 5.82 Å². The van der Waals surface area contributed by atoms with E-state index in [-0.39, 0.29) is 11.3 Å². The van der Waals surface area contributed by atoms with Gasteiger partial charge in [-0.05, 0) is 30.3 Å².